The predicted octanol–water partition coefficient (Wildman–Crippen LogP) is 2.32. The monoisotopic (exact) mass is 232 g/mol. The van der Waals surface area contributed by atoms with Gasteiger partial charge in [-0.2, -0.15) is 0 Å². The van der Waals surface area contributed by atoms with Gasteiger partial charge in [-0.05, 0) is 39.0 Å². The first kappa shape index (κ1) is 11.6. The SMILES string of the molecule is CC(C)(C)OC(=O)C1C=CN=Cc2cccn21. The number of rotatable bonds is 1. The van der Waals surface area contributed by atoms with Gasteiger partial charge in [0, 0.05) is 12.4 Å². The summed E-state index contributed by atoms with van der Waals surface area (Å²) in [4.78, 5) is 16.2. The molecule has 17 heavy (non-hydrogen) atoms. The van der Waals surface area contributed by atoms with Gasteiger partial charge in [0.25, 0.3) is 0 Å². The van der Waals surface area contributed by atoms with Gasteiger partial charge in [-0.25, -0.2) is 4.79 Å². The van der Waals surface area contributed by atoms with E-state index in [0.29, 0.717) is 0 Å². The average molecular weight is 232 g/mol. The van der Waals surface area contributed by atoms with Gasteiger partial charge >= 0.3 is 5.97 Å². The van der Waals surface area contributed by atoms with Crippen LogP contribution >= 0.6 is 0 Å². The Morgan fingerprint density at radius 1 is 1.47 bits per heavy atom. The van der Waals surface area contributed by atoms with Gasteiger partial charge in [0.15, 0.2) is 6.04 Å². The summed E-state index contributed by atoms with van der Waals surface area (Å²) in [6, 6.07) is 3.35. The Bertz CT molecular complexity index is 478. The Balaban J connectivity index is 2.26. The van der Waals surface area contributed by atoms with E-state index in [9.17, 15) is 4.79 Å². The van der Waals surface area contributed by atoms with Crippen LogP contribution in [0.3, 0.4) is 0 Å². The fraction of sp³-hybridized carbons (Fsp3) is 0.385. The maximum atomic E-state index is 12.1. The summed E-state index contributed by atoms with van der Waals surface area (Å²) in [6.45, 7) is 5.58. The fourth-order valence-electron chi connectivity index (χ4n) is 1.67. The highest BCUT2D eigenvalue weighted by Crippen LogP contribution is 2.20. The van der Waals surface area contributed by atoms with Crippen molar-refractivity contribution >= 4 is 12.2 Å². The molecule has 0 saturated heterocycles. The number of esters is 1. The third-order valence-corrected chi connectivity index (χ3v) is 2.32. The molecule has 2 rings (SSSR count). The first-order valence-electron chi connectivity index (χ1n) is 5.57. The highest BCUT2D eigenvalue weighted by molar-refractivity contribution is 5.83. The Morgan fingerprint density at radius 3 is 2.94 bits per heavy atom. The Kier molecular flexibility index (Phi) is 2.88. The van der Waals surface area contributed by atoms with E-state index in [2.05, 4.69) is 4.99 Å². The van der Waals surface area contributed by atoms with Crippen LogP contribution in [0.15, 0.2) is 35.6 Å². The first-order chi connectivity index (χ1) is 7.97. The molecule has 0 radical (unpaired) electrons. The zero-order valence-corrected chi connectivity index (χ0v) is 10.3. The average Bonchev–Trinajstić information content (AvgIpc) is 2.55. The van der Waals surface area contributed by atoms with E-state index < -0.39 is 11.6 Å². The second-order valence-corrected chi connectivity index (χ2v) is 4.94. The second kappa shape index (κ2) is 4.20. The van der Waals surface area contributed by atoms with Gasteiger partial charge < -0.3 is 9.30 Å². The summed E-state index contributed by atoms with van der Waals surface area (Å²) < 4.78 is 7.24. The van der Waals surface area contributed by atoms with Crippen LogP contribution in [0.25, 0.3) is 0 Å². The first-order valence-corrected chi connectivity index (χ1v) is 5.57. The molecule has 1 aromatic heterocycles. The summed E-state index contributed by atoms with van der Waals surface area (Å²) in [7, 11) is 0. The van der Waals surface area contributed by atoms with Gasteiger partial charge in [-0.15, -0.1) is 0 Å². The van der Waals surface area contributed by atoms with Crippen LogP contribution in [0.1, 0.15) is 32.5 Å². The van der Waals surface area contributed by atoms with Crippen molar-refractivity contribution < 1.29 is 9.53 Å². The minimum absolute atomic E-state index is 0.267. The standard InChI is InChI=1S/C13H16N2O2/c1-13(2,3)17-12(16)11-6-7-14-9-10-5-4-8-15(10)11/h4-9,11H,1-3H3. The highest BCUT2D eigenvalue weighted by Gasteiger charge is 2.25. The second-order valence-electron chi connectivity index (χ2n) is 4.94. The topological polar surface area (TPSA) is 43.6 Å². The molecule has 2 heterocycles. The Hall–Kier alpha value is -1.84. The number of fused-ring (bicyclic) bond motifs is 1. The molecule has 0 aromatic carbocycles. The fourth-order valence-corrected chi connectivity index (χ4v) is 1.67. The van der Waals surface area contributed by atoms with E-state index in [0.717, 1.165) is 5.69 Å². The quantitative estimate of drug-likeness (QED) is 0.697. The van der Waals surface area contributed by atoms with E-state index >= 15 is 0 Å². The highest BCUT2D eigenvalue weighted by atomic mass is 16.6. The molecule has 0 fully saturated rings. The summed E-state index contributed by atoms with van der Waals surface area (Å²) in [5.74, 6) is -0.267. The van der Waals surface area contributed by atoms with Crippen LogP contribution < -0.4 is 0 Å². The minimum Gasteiger partial charge on any atom is -0.458 e. The zero-order valence-electron chi connectivity index (χ0n) is 10.3. The van der Waals surface area contributed by atoms with Crippen molar-refractivity contribution in [1.82, 2.24) is 4.57 Å². The van der Waals surface area contributed by atoms with Gasteiger partial charge in [0.1, 0.15) is 5.60 Å². The largest absolute Gasteiger partial charge is 0.458 e. The number of aliphatic imine (C=N–C) groups is 1. The van der Waals surface area contributed by atoms with Gasteiger partial charge in [0.2, 0.25) is 0 Å². The summed E-state index contributed by atoms with van der Waals surface area (Å²) in [6.07, 6.45) is 6.94. The van der Waals surface area contributed by atoms with Crippen molar-refractivity contribution in [2.75, 3.05) is 0 Å². The maximum absolute atomic E-state index is 12.1. The number of hydrogen-bond donors (Lipinski definition) is 0. The molecule has 0 aliphatic carbocycles. The van der Waals surface area contributed by atoms with Crippen LogP contribution in [0.4, 0.5) is 0 Å². The molecule has 4 heteroatoms. The Labute approximate surface area is 101 Å². The molecule has 0 amide bonds. The molecular formula is C13H16N2O2. The smallest absolute Gasteiger partial charge is 0.333 e. The third-order valence-electron chi connectivity index (χ3n) is 2.32. The molecular weight excluding hydrogens is 216 g/mol. The summed E-state index contributed by atoms with van der Waals surface area (Å²) >= 11 is 0. The van der Waals surface area contributed by atoms with Gasteiger partial charge in [0.05, 0.1) is 11.9 Å². The number of carbonyl (C=O) groups is 1. The van der Waals surface area contributed by atoms with Gasteiger partial charge in [-0.3, -0.25) is 4.99 Å². The normalized spacial score (nSPS) is 18.6. The lowest BCUT2D eigenvalue weighted by Crippen LogP contribution is -2.29. The lowest BCUT2D eigenvalue weighted by Gasteiger charge is -2.23. The van der Waals surface area contributed by atoms with Crippen LogP contribution in [-0.2, 0) is 9.53 Å². The molecule has 90 valence electrons. The van der Waals surface area contributed by atoms with Crippen molar-refractivity contribution in [2.24, 2.45) is 4.99 Å². The molecule has 1 aromatic rings. The van der Waals surface area contributed by atoms with Crippen molar-refractivity contribution in [3.05, 3.63) is 36.3 Å². The van der Waals surface area contributed by atoms with Crippen molar-refractivity contribution in [3.63, 3.8) is 0 Å². The molecule has 0 bridgehead atoms. The Morgan fingerprint density at radius 2 is 2.24 bits per heavy atom. The van der Waals surface area contributed by atoms with Crippen LogP contribution in [0.2, 0.25) is 0 Å². The van der Waals surface area contributed by atoms with E-state index in [-0.39, 0.29) is 5.97 Å². The zero-order chi connectivity index (χ0) is 12.5. The summed E-state index contributed by atoms with van der Waals surface area (Å²) in [5.41, 5.74) is 0.414. The predicted molar refractivity (Wildman–Crippen MR) is 66.0 cm³/mol. The molecule has 0 N–H and O–H groups in total. The molecule has 1 atom stereocenters. The molecule has 4 nitrogen and oxygen atoms in total. The van der Waals surface area contributed by atoms with E-state index in [4.69, 9.17) is 4.74 Å². The number of carbonyl (C=O) groups excluding carboxylic acids is 1. The van der Waals surface area contributed by atoms with E-state index in [1.165, 1.54) is 0 Å². The van der Waals surface area contributed by atoms with E-state index in [1.807, 2.05) is 43.7 Å². The lowest BCUT2D eigenvalue weighted by atomic mass is 10.2. The number of nitrogens with zero attached hydrogens (tertiary/aromatic N) is 2. The van der Waals surface area contributed by atoms with Crippen LogP contribution in [0, 0.1) is 0 Å². The third kappa shape index (κ3) is 2.64. The molecule has 1 aliphatic rings. The van der Waals surface area contributed by atoms with Crippen molar-refractivity contribution in [3.8, 4) is 0 Å². The van der Waals surface area contributed by atoms with E-state index in [1.54, 1.807) is 18.5 Å². The molecule has 1 unspecified atom stereocenters. The van der Waals surface area contributed by atoms with Crippen LogP contribution in [-0.4, -0.2) is 22.4 Å². The molecule has 0 spiro atoms. The van der Waals surface area contributed by atoms with Crippen molar-refractivity contribution in [1.29, 1.82) is 0 Å². The maximum Gasteiger partial charge on any atom is 0.333 e. The summed E-state index contributed by atoms with van der Waals surface area (Å²) in [5, 5.41) is 0. The minimum atomic E-state index is -0.481. The molecule has 1 aliphatic heterocycles. The van der Waals surface area contributed by atoms with Crippen LogP contribution in [0.5, 0.6) is 0 Å². The number of hydrogen-bond acceptors (Lipinski definition) is 3. The van der Waals surface area contributed by atoms with Crippen molar-refractivity contribution in [2.45, 2.75) is 32.4 Å². The lowest BCUT2D eigenvalue weighted by molar-refractivity contribution is -0.157. The van der Waals surface area contributed by atoms with Gasteiger partial charge in [-0.1, -0.05) is 0 Å². The number of aromatic nitrogens is 1. The number of ether oxygens (including phenoxy) is 1. The molecule has 0 saturated carbocycles.